The summed E-state index contributed by atoms with van der Waals surface area (Å²) in [6, 6.07) is 5.32. The van der Waals surface area contributed by atoms with Crippen molar-refractivity contribution in [2.24, 2.45) is 0 Å². The lowest BCUT2D eigenvalue weighted by molar-refractivity contribution is -0.430. The second-order valence-electron chi connectivity index (χ2n) is 3.18. The minimum atomic E-state index is -1.26. The third kappa shape index (κ3) is 3.07. The Morgan fingerprint density at radius 2 is 1.73 bits per heavy atom. The van der Waals surface area contributed by atoms with E-state index in [0.717, 1.165) is 0 Å². The van der Waals surface area contributed by atoms with Crippen LogP contribution in [0, 0.1) is 0 Å². The van der Waals surface area contributed by atoms with E-state index in [1.54, 1.807) is 0 Å². The molecule has 80 valence electrons. The third-order valence-electron chi connectivity index (χ3n) is 2.03. The molecule has 15 heavy (non-hydrogen) atoms. The van der Waals surface area contributed by atoms with Crippen LogP contribution < -0.4 is 15.9 Å². The van der Waals surface area contributed by atoms with Gasteiger partial charge in [-0.1, -0.05) is 24.3 Å². The Hall–Kier alpha value is -1.88. The monoisotopic (exact) mass is 208 g/mol. The maximum absolute atomic E-state index is 10.4. The fourth-order valence-electron chi connectivity index (χ4n) is 1.21. The van der Waals surface area contributed by atoms with Crippen molar-refractivity contribution in [2.45, 2.75) is 12.5 Å². The topological polar surface area (TPSA) is 108 Å². The first-order chi connectivity index (χ1) is 7.00. The van der Waals surface area contributed by atoms with Crippen LogP contribution in [-0.4, -0.2) is 11.9 Å². The van der Waals surface area contributed by atoms with Crippen LogP contribution in [0.15, 0.2) is 24.3 Å². The zero-order valence-corrected chi connectivity index (χ0v) is 7.93. The number of quaternary nitrogens is 1. The average Bonchev–Trinajstić information content (AvgIpc) is 2.17. The molecule has 5 heteroatoms. The van der Waals surface area contributed by atoms with Crippen LogP contribution >= 0.6 is 0 Å². The van der Waals surface area contributed by atoms with Crippen molar-refractivity contribution >= 4 is 11.9 Å². The summed E-state index contributed by atoms with van der Waals surface area (Å²) in [6.07, 6.45) is -0.190. The molecular weight excluding hydrogens is 198 g/mol. The largest absolute Gasteiger partial charge is 0.550 e. The highest BCUT2D eigenvalue weighted by Crippen LogP contribution is 2.12. The number of benzene rings is 1. The molecule has 0 spiro atoms. The Morgan fingerprint density at radius 1 is 1.20 bits per heavy atom. The molecule has 0 saturated carbocycles. The van der Waals surface area contributed by atoms with E-state index in [1.165, 1.54) is 24.3 Å². The third-order valence-corrected chi connectivity index (χ3v) is 2.03. The molecule has 1 atom stereocenters. The molecule has 0 fully saturated rings. The normalized spacial score (nSPS) is 12.1. The molecule has 1 aromatic rings. The minimum absolute atomic E-state index is 0.0550. The summed E-state index contributed by atoms with van der Waals surface area (Å²) in [6.45, 7) is 0. The van der Waals surface area contributed by atoms with Crippen molar-refractivity contribution < 1.29 is 25.5 Å². The van der Waals surface area contributed by atoms with Crippen molar-refractivity contribution in [2.75, 3.05) is 0 Å². The molecular formula is C10H10NO4-. The molecule has 0 unspecified atom stereocenters. The summed E-state index contributed by atoms with van der Waals surface area (Å²) in [7, 11) is 0. The number of carboxylic acids is 2. The van der Waals surface area contributed by atoms with Crippen LogP contribution in [0.3, 0.4) is 0 Å². The van der Waals surface area contributed by atoms with E-state index in [4.69, 9.17) is 0 Å². The van der Waals surface area contributed by atoms with Gasteiger partial charge >= 0.3 is 0 Å². The Labute approximate surface area is 86.1 Å². The second-order valence-corrected chi connectivity index (χ2v) is 3.18. The number of hydrogen-bond donors (Lipinski definition) is 1. The Morgan fingerprint density at radius 3 is 2.13 bits per heavy atom. The zero-order chi connectivity index (χ0) is 11.4. The van der Waals surface area contributed by atoms with Crippen molar-refractivity contribution in [3.63, 3.8) is 0 Å². The van der Waals surface area contributed by atoms with Crippen LogP contribution in [0.25, 0.3) is 0 Å². The molecule has 0 aromatic heterocycles. The smallest absolute Gasteiger partial charge is 0.115 e. The van der Waals surface area contributed by atoms with E-state index < -0.39 is 18.0 Å². The molecule has 0 aliphatic rings. The molecule has 0 saturated heterocycles. The van der Waals surface area contributed by atoms with Gasteiger partial charge in [-0.25, -0.2) is 0 Å². The van der Waals surface area contributed by atoms with Gasteiger partial charge in [0, 0.05) is 18.0 Å². The van der Waals surface area contributed by atoms with E-state index in [2.05, 4.69) is 5.73 Å². The van der Waals surface area contributed by atoms with Crippen molar-refractivity contribution in [3.8, 4) is 0 Å². The molecule has 1 aromatic carbocycles. The lowest BCUT2D eigenvalue weighted by atomic mass is 10.0. The van der Waals surface area contributed by atoms with Crippen LogP contribution in [0.2, 0.25) is 0 Å². The lowest BCUT2D eigenvalue weighted by Crippen LogP contribution is -2.55. The van der Waals surface area contributed by atoms with E-state index >= 15 is 0 Å². The molecule has 3 N–H and O–H groups in total. The van der Waals surface area contributed by atoms with Gasteiger partial charge in [-0.05, 0) is 5.56 Å². The standard InChI is InChI=1S/C10H11NO4/c11-8(5-9(12)13)6-1-3-7(4-2-6)10(14)15/h1-4,8H,5,11H2,(H,12,13)(H,14,15)/p-1/t8-/m1/s1. The van der Waals surface area contributed by atoms with Gasteiger partial charge in [0.25, 0.3) is 0 Å². The van der Waals surface area contributed by atoms with Gasteiger partial charge in [0.1, 0.15) is 6.04 Å². The Bertz CT molecular complexity index is 372. The molecule has 5 nitrogen and oxygen atoms in total. The predicted molar refractivity (Wildman–Crippen MR) is 46.0 cm³/mol. The highest BCUT2D eigenvalue weighted by atomic mass is 16.4. The molecule has 0 aliphatic heterocycles. The van der Waals surface area contributed by atoms with Gasteiger partial charge in [0.15, 0.2) is 0 Å². The highest BCUT2D eigenvalue weighted by molar-refractivity contribution is 5.85. The number of rotatable bonds is 4. The summed E-state index contributed by atoms with van der Waals surface area (Å²) in [5.41, 5.74) is 4.35. The van der Waals surface area contributed by atoms with E-state index in [1.807, 2.05) is 0 Å². The summed E-state index contributed by atoms with van der Waals surface area (Å²) < 4.78 is 0. The first-order valence-corrected chi connectivity index (χ1v) is 4.35. The summed E-state index contributed by atoms with van der Waals surface area (Å²) in [5.74, 6) is -2.44. The van der Waals surface area contributed by atoms with Gasteiger partial charge in [0.2, 0.25) is 0 Å². The number of carbonyl (C=O) groups excluding carboxylic acids is 2. The number of aromatic carboxylic acids is 1. The van der Waals surface area contributed by atoms with Crippen molar-refractivity contribution in [3.05, 3.63) is 35.4 Å². The molecule has 0 heterocycles. The SMILES string of the molecule is [NH3+][C@H](CC(=O)[O-])c1ccc(C(=O)[O-])cc1. The van der Waals surface area contributed by atoms with E-state index in [9.17, 15) is 19.8 Å². The van der Waals surface area contributed by atoms with Gasteiger partial charge in [-0.3, -0.25) is 0 Å². The number of aliphatic carboxylic acids is 1. The number of carbonyl (C=O) groups is 2. The quantitative estimate of drug-likeness (QED) is 0.588. The highest BCUT2D eigenvalue weighted by Gasteiger charge is 2.09. The first kappa shape index (κ1) is 11.2. The van der Waals surface area contributed by atoms with E-state index in [0.29, 0.717) is 5.56 Å². The molecule has 0 aliphatic carbocycles. The van der Waals surface area contributed by atoms with Gasteiger partial charge in [-0.15, -0.1) is 0 Å². The fraction of sp³-hybridized carbons (Fsp3) is 0.200. The number of hydrogen-bond acceptors (Lipinski definition) is 4. The van der Waals surface area contributed by atoms with Gasteiger partial charge in [0.05, 0.1) is 5.97 Å². The summed E-state index contributed by atoms with van der Waals surface area (Å²) in [4.78, 5) is 20.7. The summed E-state index contributed by atoms with van der Waals surface area (Å²) in [5, 5.41) is 20.7. The van der Waals surface area contributed by atoms with Crippen LogP contribution in [0.4, 0.5) is 0 Å². The number of carboxylic acid groups (broad SMARTS) is 2. The zero-order valence-electron chi connectivity index (χ0n) is 7.93. The lowest BCUT2D eigenvalue weighted by Gasteiger charge is -2.10. The molecule has 1 rings (SSSR count). The Kier molecular flexibility index (Phi) is 3.41. The van der Waals surface area contributed by atoms with Gasteiger partial charge in [-0.2, -0.15) is 0 Å². The fourth-order valence-corrected chi connectivity index (χ4v) is 1.21. The van der Waals surface area contributed by atoms with Gasteiger partial charge < -0.3 is 25.5 Å². The minimum Gasteiger partial charge on any atom is -0.550 e. The van der Waals surface area contributed by atoms with Crippen LogP contribution in [-0.2, 0) is 4.79 Å². The van der Waals surface area contributed by atoms with Crippen molar-refractivity contribution in [1.82, 2.24) is 0 Å². The Balaban J connectivity index is 2.79. The van der Waals surface area contributed by atoms with Crippen LogP contribution in [0.5, 0.6) is 0 Å². The summed E-state index contributed by atoms with van der Waals surface area (Å²) >= 11 is 0. The maximum Gasteiger partial charge on any atom is 0.115 e. The second kappa shape index (κ2) is 4.56. The maximum atomic E-state index is 10.4. The van der Waals surface area contributed by atoms with Crippen molar-refractivity contribution in [1.29, 1.82) is 0 Å². The molecule has 0 radical (unpaired) electrons. The molecule has 0 amide bonds. The molecule has 0 bridgehead atoms. The first-order valence-electron chi connectivity index (χ1n) is 4.35. The van der Waals surface area contributed by atoms with E-state index in [-0.39, 0.29) is 12.0 Å². The average molecular weight is 208 g/mol. The van der Waals surface area contributed by atoms with Crippen LogP contribution in [0.1, 0.15) is 28.4 Å². The predicted octanol–water partition coefficient (Wildman–Crippen LogP) is -2.53.